The van der Waals surface area contributed by atoms with Crippen molar-refractivity contribution in [2.45, 2.75) is 13.5 Å². The number of hydrogen-bond acceptors (Lipinski definition) is 3. The molecular formula is C11H15N5. The Morgan fingerprint density at radius 2 is 2.50 bits per heavy atom. The van der Waals surface area contributed by atoms with Crippen LogP contribution in [0, 0.1) is 6.92 Å². The van der Waals surface area contributed by atoms with Crippen molar-refractivity contribution in [1.82, 2.24) is 19.7 Å². The summed E-state index contributed by atoms with van der Waals surface area (Å²) in [7, 11) is 0. The fraction of sp³-hybridized carbons (Fsp3) is 0.273. The number of anilines is 1. The van der Waals surface area contributed by atoms with Crippen LogP contribution in [0.25, 0.3) is 0 Å². The van der Waals surface area contributed by atoms with Gasteiger partial charge < -0.3 is 9.88 Å². The van der Waals surface area contributed by atoms with Gasteiger partial charge in [-0.25, -0.2) is 4.98 Å². The van der Waals surface area contributed by atoms with Gasteiger partial charge in [0.25, 0.3) is 0 Å². The van der Waals surface area contributed by atoms with Crippen molar-refractivity contribution in [2.75, 3.05) is 11.9 Å². The van der Waals surface area contributed by atoms with Gasteiger partial charge in [-0.05, 0) is 6.92 Å². The van der Waals surface area contributed by atoms with Crippen LogP contribution < -0.4 is 5.32 Å². The Labute approximate surface area is 94.2 Å². The number of H-pyrrole nitrogens is 1. The Bertz CT molecular complexity index is 468. The number of aromatic nitrogens is 4. The van der Waals surface area contributed by atoms with Crippen LogP contribution >= 0.6 is 0 Å². The Balaban J connectivity index is 2.12. The number of nitrogens with one attached hydrogen (secondary N) is 2. The summed E-state index contributed by atoms with van der Waals surface area (Å²) in [5.41, 5.74) is 2.25. The summed E-state index contributed by atoms with van der Waals surface area (Å²) in [5.74, 6) is 0.848. The van der Waals surface area contributed by atoms with Crippen molar-refractivity contribution in [1.29, 1.82) is 0 Å². The number of rotatable bonds is 5. The Morgan fingerprint density at radius 3 is 3.19 bits per heavy atom. The summed E-state index contributed by atoms with van der Waals surface area (Å²) in [6, 6.07) is 0. The normalized spacial score (nSPS) is 10.3. The maximum absolute atomic E-state index is 4.24. The van der Waals surface area contributed by atoms with Gasteiger partial charge >= 0.3 is 0 Å². The van der Waals surface area contributed by atoms with Crippen LogP contribution in [0.1, 0.15) is 11.3 Å². The Kier molecular flexibility index (Phi) is 3.05. The first-order valence-electron chi connectivity index (χ1n) is 5.16. The first-order valence-corrected chi connectivity index (χ1v) is 5.16. The lowest BCUT2D eigenvalue weighted by atomic mass is 10.2. The highest BCUT2D eigenvalue weighted by Gasteiger charge is 2.05. The molecule has 5 nitrogen and oxygen atoms in total. The van der Waals surface area contributed by atoms with E-state index in [1.165, 1.54) is 5.56 Å². The third kappa shape index (κ3) is 2.13. The molecule has 0 radical (unpaired) electrons. The lowest BCUT2D eigenvalue weighted by molar-refractivity contribution is 0.797. The third-order valence-corrected chi connectivity index (χ3v) is 2.39. The average Bonchev–Trinajstić information content (AvgIpc) is 2.87. The standard InChI is InChI=1S/C11H15N5/c1-3-4-12-11-13-5-6-16(11)8-10-7-14-15-9(10)2/h3,5-7H,1,4,8H2,2H3,(H,12,13)(H,14,15). The zero-order valence-electron chi connectivity index (χ0n) is 9.27. The van der Waals surface area contributed by atoms with Crippen LogP contribution in [0.4, 0.5) is 5.95 Å². The van der Waals surface area contributed by atoms with E-state index in [2.05, 4.69) is 27.1 Å². The van der Waals surface area contributed by atoms with Gasteiger partial charge in [0.05, 0.1) is 12.7 Å². The summed E-state index contributed by atoms with van der Waals surface area (Å²) in [4.78, 5) is 4.24. The largest absolute Gasteiger partial charge is 0.352 e. The van der Waals surface area contributed by atoms with Crippen molar-refractivity contribution in [2.24, 2.45) is 0 Å². The van der Waals surface area contributed by atoms with E-state index >= 15 is 0 Å². The Hall–Kier alpha value is -2.04. The molecule has 0 aliphatic heterocycles. The second-order valence-electron chi connectivity index (χ2n) is 3.57. The minimum Gasteiger partial charge on any atom is -0.352 e. The zero-order chi connectivity index (χ0) is 11.4. The van der Waals surface area contributed by atoms with E-state index in [1.54, 1.807) is 6.20 Å². The molecule has 0 bridgehead atoms. The molecule has 0 amide bonds. The van der Waals surface area contributed by atoms with Gasteiger partial charge in [0.1, 0.15) is 0 Å². The van der Waals surface area contributed by atoms with Gasteiger partial charge in [-0.15, -0.1) is 6.58 Å². The average molecular weight is 217 g/mol. The maximum atomic E-state index is 4.24. The highest BCUT2D eigenvalue weighted by Crippen LogP contribution is 2.10. The van der Waals surface area contributed by atoms with E-state index in [9.17, 15) is 0 Å². The minimum absolute atomic E-state index is 0.710. The molecule has 2 heterocycles. The molecule has 0 saturated carbocycles. The van der Waals surface area contributed by atoms with Crippen molar-refractivity contribution >= 4 is 5.95 Å². The van der Waals surface area contributed by atoms with Crippen molar-refractivity contribution < 1.29 is 0 Å². The van der Waals surface area contributed by atoms with Gasteiger partial charge in [-0.3, -0.25) is 5.10 Å². The summed E-state index contributed by atoms with van der Waals surface area (Å²) >= 11 is 0. The van der Waals surface area contributed by atoms with Gasteiger partial charge in [-0.1, -0.05) is 6.08 Å². The number of nitrogens with zero attached hydrogens (tertiary/aromatic N) is 3. The highest BCUT2D eigenvalue weighted by atomic mass is 15.2. The molecule has 0 unspecified atom stereocenters. The monoisotopic (exact) mass is 217 g/mol. The smallest absolute Gasteiger partial charge is 0.203 e. The molecule has 0 aromatic carbocycles. The molecule has 0 aliphatic rings. The molecule has 5 heteroatoms. The van der Waals surface area contributed by atoms with Crippen molar-refractivity contribution in [3.8, 4) is 0 Å². The quantitative estimate of drug-likeness (QED) is 0.747. The fourth-order valence-corrected chi connectivity index (χ4v) is 1.49. The van der Waals surface area contributed by atoms with Crippen molar-refractivity contribution in [3.05, 3.63) is 42.5 Å². The summed E-state index contributed by atoms with van der Waals surface area (Å²) < 4.78 is 2.04. The summed E-state index contributed by atoms with van der Waals surface area (Å²) in [6.07, 6.45) is 7.37. The second-order valence-corrected chi connectivity index (χ2v) is 3.57. The van der Waals surface area contributed by atoms with E-state index in [0.717, 1.165) is 18.2 Å². The van der Waals surface area contributed by atoms with E-state index in [0.29, 0.717) is 6.54 Å². The first-order chi connectivity index (χ1) is 7.81. The van der Waals surface area contributed by atoms with Crippen molar-refractivity contribution in [3.63, 3.8) is 0 Å². The van der Waals surface area contributed by atoms with Gasteiger partial charge in [0, 0.05) is 30.2 Å². The first kappa shape index (κ1) is 10.5. The minimum atomic E-state index is 0.710. The van der Waals surface area contributed by atoms with Crippen LogP contribution in [-0.4, -0.2) is 26.3 Å². The number of aromatic amines is 1. The van der Waals surface area contributed by atoms with E-state index in [4.69, 9.17) is 0 Å². The molecule has 16 heavy (non-hydrogen) atoms. The predicted molar refractivity (Wildman–Crippen MR) is 63.3 cm³/mol. The number of aryl methyl sites for hydroxylation is 1. The molecule has 0 spiro atoms. The molecular weight excluding hydrogens is 202 g/mol. The predicted octanol–water partition coefficient (Wildman–Crippen LogP) is 1.56. The molecule has 0 aliphatic carbocycles. The second kappa shape index (κ2) is 4.65. The lowest BCUT2D eigenvalue weighted by Gasteiger charge is -2.07. The molecule has 84 valence electrons. The molecule has 0 saturated heterocycles. The topological polar surface area (TPSA) is 58.5 Å². The SMILES string of the molecule is C=CCNc1nccn1Cc1cn[nH]c1C. The van der Waals surface area contributed by atoms with Gasteiger partial charge in [-0.2, -0.15) is 5.10 Å². The van der Waals surface area contributed by atoms with Gasteiger partial charge in [0.15, 0.2) is 0 Å². The Morgan fingerprint density at radius 1 is 1.62 bits per heavy atom. The zero-order valence-corrected chi connectivity index (χ0v) is 9.27. The number of hydrogen-bond donors (Lipinski definition) is 2. The van der Waals surface area contributed by atoms with E-state index < -0.39 is 0 Å². The molecule has 2 rings (SSSR count). The van der Waals surface area contributed by atoms with Crippen LogP contribution in [0.5, 0.6) is 0 Å². The van der Waals surface area contributed by atoms with Crippen LogP contribution in [0.15, 0.2) is 31.2 Å². The van der Waals surface area contributed by atoms with E-state index in [1.807, 2.05) is 30.0 Å². The summed E-state index contributed by atoms with van der Waals surface area (Å²) in [5, 5.41) is 10.1. The molecule has 2 N–H and O–H groups in total. The summed E-state index contributed by atoms with van der Waals surface area (Å²) in [6.45, 7) is 7.15. The molecule has 2 aromatic heterocycles. The van der Waals surface area contributed by atoms with E-state index in [-0.39, 0.29) is 0 Å². The molecule has 0 fully saturated rings. The van der Waals surface area contributed by atoms with Crippen LogP contribution in [-0.2, 0) is 6.54 Å². The fourth-order valence-electron chi connectivity index (χ4n) is 1.49. The van der Waals surface area contributed by atoms with Crippen LogP contribution in [0.2, 0.25) is 0 Å². The van der Waals surface area contributed by atoms with Gasteiger partial charge in [0.2, 0.25) is 5.95 Å². The van der Waals surface area contributed by atoms with Crippen LogP contribution in [0.3, 0.4) is 0 Å². The number of imidazole rings is 1. The maximum Gasteiger partial charge on any atom is 0.203 e. The molecule has 2 aromatic rings. The lowest BCUT2D eigenvalue weighted by Crippen LogP contribution is -2.08. The third-order valence-electron chi connectivity index (χ3n) is 2.39. The molecule has 0 atom stereocenters. The highest BCUT2D eigenvalue weighted by molar-refractivity contribution is 5.29.